The first-order valence-electron chi connectivity index (χ1n) is 4.55. The zero-order valence-corrected chi connectivity index (χ0v) is 10.8. The number of hydrogen-bond acceptors (Lipinski definition) is 4. The fourth-order valence-electron chi connectivity index (χ4n) is 1.09. The number of hydrogen-bond donors (Lipinski definition) is 0. The van der Waals surface area contributed by atoms with Gasteiger partial charge in [0, 0.05) is 21.8 Å². The minimum absolute atomic E-state index is 0.113. The standard InChI is InChI=1S/C10H9BrN4O2/c1-6-7(4-13-5-8(6)11)3-9(14-15-12)10(16)17-2/h3-5H,1-2H3/b9-3+. The maximum atomic E-state index is 11.3. The van der Waals surface area contributed by atoms with Crippen LogP contribution in [0.5, 0.6) is 0 Å². The van der Waals surface area contributed by atoms with E-state index < -0.39 is 5.97 Å². The van der Waals surface area contributed by atoms with Crippen molar-refractivity contribution in [2.75, 3.05) is 7.11 Å². The predicted molar refractivity (Wildman–Crippen MR) is 65.8 cm³/mol. The van der Waals surface area contributed by atoms with Gasteiger partial charge in [0.2, 0.25) is 0 Å². The fourth-order valence-corrected chi connectivity index (χ4v) is 1.44. The van der Waals surface area contributed by atoms with Crippen molar-refractivity contribution in [3.8, 4) is 0 Å². The quantitative estimate of drug-likeness (QED) is 0.282. The zero-order valence-electron chi connectivity index (χ0n) is 9.22. The molecule has 0 aliphatic carbocycles. The van der Waals surface area contributed by atoms with E-state index in [9.17, 15) is 4.79 Å². The van der Waals surface area contributed by atoms with Gasteiger partial charge < -0.3 is 4.74 Å². The van der Waals surface area contributed by atoms with Crippen LogP contribution in [0.4, 0.5) is 0 Å². The Kier molecular flexibility index (Phi) is 4.68. The first-order chi connectivity index (χ1) is 8.10. The molecule has 1 heterocycles. The third kappa shape index (κ3) is 3.30. The number of ether oxygens (including phenoxy) is 1. The van der Waals surface area contributed by atoms with Crippen molar-refractivity contribution in [2.45, 2.75) is 6.92 Å². The van der Waals surface area contributed by atoms with Gasteiger partial charge in [0.25, 0.3) is 0 Å². The summed E-state index contributed by atoms with van der Waals surface area (Å²) in [6.07, 6.45) is 4.63. The van der Waals surface area contributed by atoms with Crippen molar-refractivity contribution in [3.63, 3.8) is 0 Å². The summed E-state index contributed by atoms with van der Waals surface area (Å²) in [6, 6.07) is 0. The average Bonchev–Trinajstić information content (AvgIpc) is 2.33. The van der Waals surface area contributed by atoms with E-state index >= 15 is 0 Å². The van der Waals surface area contributed by atoms with Crippen LogP contribution in [0.15, 0.2) is 27.7 Å². The second-order valence-electron chi connectivity index (χ2n) is 3.05. The van der Waals surface area contributed by atoms with Crippen molar-refractivity contribution in [1.29, 1.82) is 0 Å². The summed E-state index contributed by atoms with van der Waals surface area (Å²) in [6.45, 7) is 1.85. The van der Waals surface area contributed by atoms with E-state index in [1.807, 2.05) is 6.92 Å². The van der Waals surface area contributed by atoms with E-state index in [1.165, 1.54) is 13.2 Å². The Balaban J connectivity index is 3.26. The lowest BCUT2D eigenvalue weighted by Gasteiger charge is -2.03. The van der Waals surface area contributed by atoms with Crippen LogP contribution in [0.2, 0.25) is 0 Å². The molecule has 6 nitrogen and oxygen atoms in total. The molecule has 17 heavy (non-hydrogen) atoms. The van der Waals surface area contributed by atoms with Gasteiger partial charge in [0.05, 0.1) is 7.11 Å². The van der Waals surface area contributed by atoms with Gasteiger partial charge in [-0.25, -0.2) is 4.79 Å². The molecule has 0 radical (unpaired) electrons. The number of carbonyl (C=O) groups is 1. The Hall–Kier alpha value is -1.85. The second-order valence-corrected chi connectivity index (χ2v) is 3.90. The van der Waals surface area contributed by atoms with Crippen LogP contribution in [0.25, 0.3) is 16.5 Å². The number of rotatable bonds is 3. The first kappa shape index (κ1) is 13.2. The Bertz CT molecular complexity index is 521. The molecule has 1 rings (SSSR count). The highest BCUT2D eigenvalue weighted by Gasteiger charge is 2.09. The van der Waals surface area contributed by atoms with Gasteiger partial charge in [-0.1, -0.05) is 5.11 Å². The molecule has 1 aromatic heterocycles. The van der Waals surface area contributed by atoms with Gasteiger partial charge in [-0.3, -0.25) is 4.98 Å². The van der Waals surface area contributed by atoms with Crippen molar-refractivity contribution in [2.24, 2.45) is 5.11 Å². The Morgan fingerprint density at radius 1 is 1.65 bits per heavy atom. The maximum Gasteiger partial charge on any atom is 0.340 e. The lowest BCUT2D eigenvalue weighted by Crippen LogP contribution is -2.02. The molecule has 0 amide bonds. The van der Waals surface area contributed by atoms with Crippen molar-refractivity contribution >= 4 is 28.0 Å². The molecule has 0 fully saturated rings. The fraction of sp³-hybridized carbons (Fsp3) is 0.200. The van der Waals surface area contributed by atoms with Crippen LogP contribution < -0.4 is 0 Å². The molecule has 7 heteroatoms. The summed E-state index contributed by atoms with van der Waals surface area (Å²) >= 11 is 3.32. The number of aromatic nitrogens is 1. The van der Waals surface area contributed by atoms with Crippen molar-refractivity contribution < 1.29 is 9.53 Å². The smallest absolute Gasteiger partial charge is 0.340 e. The van der Waals surface area contributed by atoms with Crippen LogP contribution in [0.3, 0.4) is 0 Å². The number of pyridine rings is 1. The average molecular weight is 297 g/mol. The van der Waals surface area contributed by atoms with Crippen molar-refractivity contribution in [3.05, 3.63) is 44.1 Å². The molecule has 0 aliphatic rings. The Morgan fingerprint density at radius 2 is 2.35 bits per heavy atom. The van der Waals surface area contributed by atoms with Gasteiger partial charge >= 0.3 is 5.97 Å². The summed E-state index contributed by atoms with van der Waals surface area (Å²) in [5, 5.41) is 3.29. The highest BCUT2D eigenvalue weighted by atomic mass is 79.9. The summed E-state index contributed by atoms with van der Waals surface area (Å²) in [5.74, 6) is -0.692. The minimum atomic E-state index is -0.692. The number of azide groups is 1. The highest BCUT2D eigenvalue weighted by molar-refractivity contribution is 9.10. The van der Waals surface area contributed by atoms with Gasteiger partial charge in [-0.15, -0.1) is 0 Å². The monoisotopic (exact) mass is 296 g/mol. The van der Waals surface area contributed by atoms with E-state index in [1.54, 1.807) is 12.4 Å². The molecule has 0 unspecified atom stereocenters. The molecule has 0 spiro atoms. The van der Waals surface area contributed by atoms with Gasteiger partial charge in [0.15, 0.2) is 0 Å². The molecule has 0 aliphatic heterocycles. The van der Waals surface area contributed by atoms with Crippen LogP contribution in [-0.2, 0) is 9.53 Å². The SMILES string of the molecule is COC(=O)/C(=C\c1cncc(Br)c1C)N=[N+]=[N-]. The number of carbonyl (C=O) groups excluding carboxylic acids is 1. The summed E-state index contributed by atoms with van der Waals surface area (Å²) in [5.41, 5.74) is 9.81. The molecule has 1 aromatic rings. The number of halogens is 1. The Morgan fingerprint density at radius 3 is 2.94 bits per heavy atom. The lowest BCUT2D eigenvalue weighted by molar-refractivity contribution is -0.136. The van der Waals surface area contributed by atoms with Crippen LogP contribution in [0, 0.1) is 6.92 Å². The normalized spacial score (nSPS) is 10.6. The van der Waals surface area contributed by atoms with E-state index in [4.69, 9.17) is 5.53 Å². The topological polar surface area (TPSA) is 88.0 Å². The summed E-state index contributed by atoms with van der Waals surface area (Å²) in [7, 11) is 1.22. The molecule has 0 N–H and O–H groups in total. The molecule has 0 atom stereocenters. The number of esters is 1. The summed E-state index contributed by atoms with van der Waals surface area (Å²) in [4.78, 5) is 17.9. The largest absolute Gasteiger partial charge is 0.466 e. The van der Waals surface area contributed by atoms with Gasteiger partial charge in [-0.2, -0.15) is 0 Å². The van der Waals surface area contributed by atoms with Gasteiger partial charge in [0.1, 0.15) is 5.70 Å². The molecule has 0 bridgehead atoms. The molecule has 0 saturated carbocycles. The van der Waals surface area contributed by atoms with E-state index in [0.717, 1.165) is 10.0 Å². The third-order valence-corrected chi connectivity index (χ3v) is 2.83. The predicted octanol–water partition coefficient (Wildman–Crippen LogP) is 2.98. The summed E-state index contributed by atoms with van der Waals surface area (Å²) < 4.78 is 5.31. The maximum absolute atomic E-state index is 11.3. The molecule has 88 valence electrons. The Labute approximate surface area is 106 Å². The molecule has 0 saturated heterocycles. The molecule has 0 aromatic carbocycles. The van der Waals surface area contributed by atoms with E-state index in [-0.39, 0.29) is 5.70 Å². The van der Waals surface area contributed by atoms with Crippen LogP contribution in [0.1, 0.15) is 11.1 Å². The number of nitrogens with zero attached hydrogens (tertiary/aromatic N) is 4. The third-order valence-electron chi connectivity index (χ3n) is 2.03. The van der Waals surface area contributed by atoms with Crippen LogP contribution >= 0.6 is 15.9 Å². The molecular weight excluding hydrogens is 288 g/mol. The van der Waals surface area contributed by atoms with Crippen LogP contribution in [-0.4, -0.2) is 18.1 Å². The number of methoxy groups -OCH3 is 1. The van der Waals surface area contributed by atoms with Gasteiger partial charge in [-0.05, 0) is 45.6 Å². The lowest BCUT2D eigenvalue weighted by atomic mass is 10.1. The van der Waals surface area contributed by atoms with E-state index in [2.05, 4.69) is 35.7 Å². The van der Waals surface area contributed by atoms with Crippen molar-refractivity contribution in [1.82, 2.24) is 4.98 Å². The minimum Gasteiger partial charge on any atom is -0.466 e. The first-order valence-corrected chi connectivity index (χ1v) is 5.34. The molecular formula is C10H9BrN4O2. The second kappa shape index (κ2) is 6.03. The van der Waals surface area contributed by atoms with E-state index in [0.29, 0.717) is 5.56 Å². The highest BCUT2D eigenvalue weighted by Crippen LogP contribution is 2.20. The zero-order chi connectivity index (χ0) is 12.8.